The fourth-order valence-electron chi connectivity index (χ4n) is 4.23. The number of methoxy groups -OCH3 is 2. The molecule has 0 radical (unpaired) electrons. The average molecular weight is 405 g/mol. The van der Waals surface area contributed by atoms with Crippen molar-refractivity contribution in [2.45, 2.75) is 0 Å². The highest BCUT2D eigenvalue weighted by Crippen LogP contribution is 2.45. The molecular weight excluding hydrogens is 382 g/mol. The lowest BCUT2D eigenvalue weighted by Crippen LogP contribution is -1.98. The molecule has 0 atom stereocenters. The molecule has 0 aliphatic rings. The minimum atomic E-state index is 0.712. The summed E-state index contributed by atoms with van der Waals surface area (Å²) in [7, 11) is 3.36. The number of ether oxygens (including phenoxy) is 2. The zero-order valence-corrected chi connectivity index (χ0v) is 17.6. The van der Waals surface area contributed by atoms with Crippen LogP contribution in [0.4, 0.5) is 0 Å². The molecule has 0 bridgehead atoms. The van der Waals surface area contributed by atoms with Crippen molar-refractivity contribution in [1.82, 2.24) is 4.57 Å². The third-order valence-electron chi connectivity index (χ3n) is 5.60. The van der Waals surface area contributed by atoms with Crippen LogP contribution in [0.25, 0.3) is 39.0 Å². The zero-order chi connectivity index (χ0) is 21.2. The molecule has 0 amide bonds. The van der Waals surface area contributed by atoms with Gasteiger partial charge in [0.15, 0.2) is 11.5 Å². The second-order valence-electron chi connectivity index (χ2n) is 7.35. The number of benzene rings is 4. The van der Waals surface area contributed by atoms with Crippen LogP contribution < -0.4 is 9.47 Å². The van der Waals surface area contributed by atoms with Crippen LogP contribution >= 0.6 is 0 Å². The average Bonchev–Trinajstić information content (AvgIpc) is 3.18. The number of fused-ring (bicyclic) bond motifs is 1. The van der Waals surface area contributed by atoms with Gasteiger partial charge in [-0.25, -0.2) is 0 Å². The molecule has 3 nitrogen and oxygen atoms in total. The number of aromatic nitrogens is 1. The first-order valence-corrected chi connectivity index (χ1v) is 10.3. The highest BCUT2D eigenvalue weighted by Gasteiger charge is 2.23. The second-order valence-corrected chi connectivity index (χ2v) is 7.35. The Kier molecular flexibility index (Phi) is 4.93. The Bertz CT molecular complexity index is 1240. The standard InChI is InChI=1S/C28H23NO2/c1-30-25-18-23-24(19-26(25)31-2)29(22-16-10-5-11-17-22)28(21-14-8-4-9-15-21)27(23)20-12-6-3-7-13-20/h3-19H,1-2H3. The van der Waals surface area contributed by atoms with Gasteiger partial charge in [-0.2, -0.15) is 0 Å². The van der Waals surface area contributed by atoms with Crippen molar-refractivity contribution in [3.05, 3.63) is 103 Å². The molecule has 0 unspecified atom stereocenters. The van der Waals surface area contributed by atoms with E-state index in [4.69, 9.17) is 9.47 Å². The van der Waals surface area contributed by atoms with Crippen LogP contribution in [0, 0.1) is 0 Å². The Morgan fingerprint density at radius 2 is 1.10 bits per heavy atom. The number of para-hydroxylation sites is 1. The van der Waals surface area contributed by atoms with Gasteiger partial charge in [-0.3, -0.25) is 0 Å². The van der Waals surface area contributed by atoms with E-state index in [0.717, 1.165) is 39.2 Å². The van der Waals surface area contributed by atoms with Crippen molar-refractivity contribution in [3.63, 3.8) is 0 Å². The Hall–Kier alpha value is -3.98. The summed E-state index contributed by atoms with van der Waals surface area (Å²) in [5.41, 5.74) is 6.80. The summed E-state index contributed by atoms with van der Waals surface area (Å²) in [6.07, 6.45) is 0. The van der Waals surface area contributed by atoms with Crippen molar-refractivity contribution >= 4 is 10.9 Å². The van der Waals surface area contributed by atoms with Gasteiger partial charge >= 0.3 is 0 Å². The van der Waals surface area contributed by atoms with E-state index in [0.29, 0.717) is 5.75 Å². The molecule has 3 heteroatoms. The fourth-order valence-corrected chi connectivity index (χ4v) is 4.23. The van der Waals surface area contributed by atoms with E-state index in [2.05, 4.69) is 89.5 Å². The van der Waals surface area contributed by atoms with Gasteiger partial charge < -0.3 is 14.0 Å². The van der Waals surface area contributed by atoms with E-state index in [1.807, 2.05) is 18.2 Å². The lowest BCUT2D eigenvalue weighted by Gasteiger charge is -2.13. The van der Waals surface area contributed by atoms with Crippen molar-refractivity contribution in [2.75, 3.05) is 14.2 Å². The molecule has 0 N–H and O–H groups in total. The van der Waals surface area contributed by atoms with Crippen LogP contribution in [0.1, 0.15) is 0 Å². The lowest BCUT2D eigenvalue weighted by molar-refractivity contribution is 0.356. The predicted molar refractivity (Wildman–Crippen MR) is 127 cm³/mol. The maximum Gasteiger partial charge on any atom is 0.162 e. The topological polar surface area (TPSA) is 23.4 Å². The molecule has 152 valence electrons. The van der Waals surface area contributed by atoms with Crippen LogP contribution in [0.2, 0.25) is 0 Å². The largest absolute Gasteiger partial charge is 0.493 e. The van der Waals surface area contributed by atoms with Gasteiger partial charge in [0, 0.05) is 22.7 Å². The molecule has 5 aromatic rings. The highest BCUT2D eigenvalue weighted by atomic mass is 16.5. The van der Waals surface area contributed by atoms with E-state index in [1.165, 1.54) is 5.56 Å². The molecule has 1 aromatic heterocycles. The van der Waals surface area contributed by atoms with E-state index in [1.54, 1.807) is 14.2 Å². The minimum absolute atomic E-state index is 0.712. The molecule has 5 rings (SSSR count). The number of hydrogen-bond acceptors (Lipinski definition) is 2. The van der Waals surface area contributed by atoms with Crippen molar-refractivity contribution in [1.29, 1.82) is 0 Å². The Morgan fingerprint density at radius 1 is 0.581 bits per heavy atom. The third-order valence-corrected chi connectivity index (χ3v) is 5.60. The van der Waals surface area contributed by atoms with Gasteiger partial charge in [0.25, 0.3) is 0 Å². The smallest absolute Gasteiger partial charge is 0.162 e. The maximum atomic E-state index is 5.66. The monoisotopic (exact) mass is 405 g/mol. The van der Waals surface area contributed by atoms with Gasteiger partial charge in [0.1, 0.15) is 0 Å². The van der Waals surface area contributed by atoms with E-state index in [-0.39, 0.29) is 0 Å². The summed E-state index contributed by atoms with van der Waals surface area (Å²) < 4.78 is 13.6. The number of nitrogens with zero attached hydrogens (tertiary/aromatic N) is 1. The van der Waals surface area contributed by atoms with Gasteiger partial charge in [-0.15, -0.1) is 0 Å². The van der Waals surface area contributed by atoms with Crippen LogP contribution in [0.15, 0.2) is 103 Å². The second kappa shape index (κ2) is 8.04. The van der Waals surface area contributed by atoms with E-state index >= 15 is 0 Å². The number of hydrogen-bond donors (Lipinski definition) is 0. The maximum absolute atomic E-state index is 5.66. The predicted octanol–water partition coefficient (Wildman–Crippen LogP) is 6.98. The van der Waals surface area contributed by atoms with Gasteiger partial charge in [-0.1, -0.05) is 78.9 Å². The first-order chi connectivity index (χ1) is 15.3. The molecule has 0 saturated carbocycles. The van der Waals surface area contributed by atoms with Gasteiger partial charge in [-0.05, 0) is 29.3 Å². The molecule has 0 fully saturated rings. The summed E-state index contributed by atoms with van der Waals surface area (Å²) in [6.45, 7) is 0. The molecule has 0 spiro atoms. The van der Waals surface area contributed by atoms with Gasteiger partial charge in [0.2, 0.25) is 0 Å². The van der Waals surface area contributed by atoms with Crippen LogP contribution in [-0.2, 0) is 0 Å². The molecule has 1 heterocycles. The Labute approximate surface area is 182 Å². The van der Waals surface area contributed by atoms with Crippen LogP contribution in [0.5, 0.6) is 11.5 Å². The Balaban J connectivity index is 2.00. The summed E-state index contributed by atoms with van der Waals surface area (Å²) in [4.78, 5) is 0. The summed E-state index contributed by atoms with van der Waals surface area (Å²) in [5, 5.41) is 1.12. The molecule has 0 saturated heterocycles. The first-order valence-electron chi connectivity index (χ1n) is 10.3. The fraction of sp³-hybridized carbons (Fsp3) is 0.0714. The van der Waals surface area contributed by atoms with Gasteiger partial charge in [0.05, 0.1) is 25.4 Å². The van der Waals surface area contributed by atoms with Crippen molar-refractivity contribution in [3.8, 4) is 39.6 Å². The SMILES string of the molecule is COc1cc2c(-c3ccccc3)c(-c3ccccc3)n(-c3ccccc3)c2cc1OC. The molecule has 0 aliphatic carbocycles. The zero-order valence-electron chi connectivity index (χ0n) is 17.6. The van der Waals surface area contributed by atoms with E-state index < -0.39 is 0 Å². The van der Waals surface area contributed by atoms with Crippen molar-refractivity contribution in [2.24, 2.45) is 0 Å². The van der Waals surface area contributed by atoms with Crippen LogP contribution in [0.3, 0.4) is 0 Å². The summed E-state index contributed by atoms with van der Waals surface area (Å²) in [6, 6.07) is 35.7. The normalized spacial score (nSPS) is 10.9. The quantitative estimate of drug-likeness (QED) is 0.315. The third kappa shape index (κ3) is 3.24. The van der Waals surface area contributed by atoms with Crippen molar-refractivity contribution < 1.29 is 9.47 Å². The summed E-state index contributed by atoms with van der Waals surface area (Å²) >= 11 is 0. The lowest BCUT2D eigenvalue weighted by atomic mass is 9.98. The minimum Gasteiger partial charge on any atom is -0.493 e. The molecule has 0 aliphatic heterocycles. The molecule has 4 aromatic carbocycles. The summed E-state index contributed by atoms with van der Waals surface area (Å²) in [5.74, 6) is 1.43. The highest BCUT2D eigenvalue weighted by molar-refractivity contribution is 6.06. The van der Waals surface area contributed by atoms with E-state index in [9.17, 15) is 0 Å². The van der Waals surface area contributed by atoms with Crippen LogP contribution in [-0.4, -0.2) is 18.8 Å². The Morgan fingerprint density at radius 3 is 1.68 bits per heavy atom. The number of rotatable bonds is 5. The molecule has 31 heavy (non-hydrogen) atoms. The first kappa shape index (κ1) is 19.0. The molecular formula is C28H23NO2.